The zero-order valence-corrected chi connectivity index (χ0v) is 23.8. The highest BCUT2D eigenvalue weighted by atomic mass is 16.6. The number of nitrogens with zero attached hydrogens (tertiary/aromatic N) is 6. The number of nitrogens with two attached hydrogens (primary N) is 1. The van der Waals surface area contributed by atoms with Crippen molar-refractivity contribution in [3.05, 3.63) is 54.5 Å². The molecule has 1 fully saturated rings. The fourth-order valence-corrected chi connectivity index (χ4v) is 5.10. The third-order valence-corrected chi connectivity index (χ3v) is 7.03. The molecule has 1 aliphatic heterocycles. The van der Waals surface area contributed by atoms with Crippen LogP contribution in [-0.4, -0.2) is 66.9 Å². The number of hydrogen-bond donors (Lipinski definition) is 2. The number of rotatable bonds is 5. The number of fused-ring (bicyclic) bond motifs is 1. The lowest BCUT2D eigenvalue weighted by molar-refractivity contribution is 0.00371. The monoisotopic (exact) mass is 558 g/mol. The van der Waals surface area contributed by atoms with Crippen molar-refractivity contribution >= 4 is 34.7 Å². The maximum absolute atomic E-state index is 13.0. The molecule has 41 heavy (non-hydrogen) atoms. The number of amides is 2. The zero-order chi connectivity index (χ0) is 29.3. The number of likely N-dealkylation sites (tertiary alicyclic amines) is 1. The van der Waals surface area contributed by atoms with Crippen LogP contribution in [0.25, 0.3) is 22.3 Å². The first-order valence-electron chi connectivity index (χ1n) is 13.5. The largest absolute Gasteiger partial charge is 0.496 e. The van der Waals surface area contributed by atoms with Gasteiger partial charge >= 0.3 is 6.09 Å². The molecule has 0 saturated carbocycles. The number of methoxy groups -OCH3 is 1. The molecule has 3 aromatic heterocycles. The van der Waals surface area contributed by atoms with E-state index in [-0.39, 0.29) is 29.9 Å². The number of carbonyl (C=O) groups excluding carboxylic acids is 2. The van der Waals surface area contributed by atoms with E-state index in [4.69, 9.17) is 20.3 Å². The maximum atomic E-state index is 13.0. The third kappa shape index (κ3) is 5.63. The molecule has 1 aromatic carbocycles. The first-order valence-corrected chi connectivity index (χ1v) is 13.5. The van der Waals surface area contributed by atoms with E-state index < -0.39 is 5.60 Å². The van der Waals surface area contributed by atoms with Gasteiger partial charge in [-0.15, -0.1) is 0 Å². The van der Waals surface area contributed by atoms with Gasteiger partial charge in [-0.3, -0.25) is 4.79 Å². The molecule has 1 aliphatic rings. The van der Waals surface area contributed by atoms with E-state index in [0.717, 1.165) is 12.8 Å². The Labute approximate surface area is 237 Å². The molecule has 12 nitrogen and oxygen atoms in total. The molecule has 0 radical (unpaired) electrons. The first-order chi connectivity index (χ1) is 19.6. The van der Waals surface area contributed by atoms with Gasteiger partial charge < -0.3 is 25.4 Å². The average molecular weight is 559 g/mol. The number of hydrogen-bond acceptors (Lipinski definition) is 9. The van der Waals surface area contributed by atoms with Crippen molar-refractivity contribution in [2.24, 2.45) is 0 Å². The van der Waals surface area contributed by atoms with E-state index in [1.54, 1.807) is 47.5 Å². The molecule has 1 unspecified atom stereocenters. The van der Waals surface area contributed by atoms with Gasteiger partial charge in [-0.2, -0.15) is 5.10 Å². The number of ether oxygens (including phenoxy) is 2. The van der Waals surface area contributed by atoms with Gasteiger partial charge in [0.2, 0.25) is 0 Å². The highest BCUT2D eigenvalue weighted by Crippen LogP contribution is 2.39. The number of anilines is 2. The molecule has 0 aliphatic carbocycles. The number of carbonyl (C=O) groups is 2. The van der Waals surface area contributed by atoms with E-state index in [1.165, 1.54) is 13.4 Å². The summed E-state index contributed by atoms with van der Waals surface area (Å²) in [6.07, 6.45) is 4.20. The number of nitrogens with one attached hydrogen (secondary N) is 1. The van der Waals surface area contributed by atoms with E-state index in [2.05, 4.69) is 20.3 Å². The molecular formula is C29H34N8O4. The summed E-state index contributed by atoms with van der Waals surface area (Å²) in [6, 6.07) is 9.97. The van der Waals surface area contributed by atoms with Crippen molar-refractivity contribution in [3.8, 4) is 17.0 Å². The van der Waals surface area contributed by atoms with Gasteiger partial charge in [0.1, 0.15) is 35.0 Å². The van der Waals surface area contributed by atoms with Crippen molar-refractivity contribution in [1.82, 2.24) is 29.6 Å². The van der Waals surface area contributed by atoms with Crippen LogP contribution in [0.15, 0.2) is 48.9 Å². The van der Waals surface area contributed by atoms with Gasteiger partial charge in [-0.05, 0) is 70.9 Å². The second-order valence-corrected chi connectivity index (χ2v) is 11.0. The van der Waals surface area contributed by atoms with Crippen LogP contribution in [-0.2, 0) is 4.74 Å². The van der Waals surface area contributed by atoms with Gasteiger partial charge in [0, 0.05) is 23.9 Å². The van der Waals surface area contributed by atoms with Crippen molar-refractivity contribution in [2.45, 2.75) is 58.2 Å². The minimum Gasteiger partial charge on any atom is -0.496 e. The second-order valence-electron chi connectivity index (χ2n) is 11.0. The molecule has 4 aromatic rings. The third-order valence-electron chi connectivity index (χ3n) is 7.03. The lowest BCUT2D eigenvalue weighted by atomic mass is 9.98. The summed E-state index contributed by atoms with van der Waals surface area (Å²) < 4.78 is 13.2. The molecule has 214 valence electrons. The van der Waals surface area contributed by atoms with Crippen molar-refractivity contribution in [3.63, 3.8) is 0 Å². The highest BCUT2D eigenvalue weighted by molar-refractivity contribution is 6.05. The lowest BCUT2D eigenvalue weighted by Gasteiger charge is -2.39. The van der Waals surface area contributed by atoms with Crippen LogP contribution in [0.3, 0.4) is 0 Å². The molecular weight excluding hydrogens is 524 g/mol. The minimum absolute atomic E-state index is 0.184. The smallest absolute Gasteiger partial charge is 0.410 e. The zero-order valence-electron chi connectivity index (χ0n) is 23.8. The second kappa shape index (κ2) is 11.0. The van der Waals surface area contributed by atoms with Gasteiger partial charge in [0.25, 0.3) is 5.91 Å². The first kappa shape index (κ1) is 27.8. The van der Waals surface area contributed by atoms with E-state index in [0.29, 0.717) is 46.0 Å². The van der Waals surface area contributed by atoms with E-state index in [1.807, 2.05) is 32.4 Å². The Balaban J connectivity index is 1.53. The van der Waals surface area contributed by atoms with Crippen molar-refractivity contribution in [2.75, 3.05) is 24.7 Å². The summed E-state index contributed by atoms with van der Waals surface area (Å²) in [4.78, 5) is 40.6. The van der Waals surface area contributed by atoms with Crippen LogP contribution < -0.4 is 15.8 Å². The highest BCUT2D eigenvalue weighted by Gasteiger charge is 2.37. The van der Waals surface area contributed by atoms with Gasteiger partial charge in [0.05, 0.1) is 24.6 Å². The van der Waals surface area contributed by atoms with Gasteiger partial charge in [-0.1, -0.05) is 6.07 Å². The number of nitrogen functional groups attached to an aromatic ring is 1. The molecule has 5 rings (SSSR count). The molecule has 3 N–H and O–H groups in total. The predicted octanol–water partition coefficient (Wildman–Crippen LogP) is 4.69. The molecule has 4 heterocycles. The summed E-state index contributed by atoms with van der Waals surface area (Å²) in [5, 5.41) is 8.33. The van der Waals surface area contributed by atoms with E-state index in [9.17, 15) is 9.59 Å². The number of aromatic nitrogens is 5. The lowest BCUT2D eigenvalue weighted by Crippen LogP contribution is -2.49. The normalized spacial score (nSPS) is 17.3. The Kier molecular flexibility index (Phi) is 7.48. The summed E-state index contributed by atoms with van der Waals surface area (Å²) >= 11 is 0. The average Bonchev–Trinajstić information content (AvgIpc) is 3.33. The Bertz CT molecular complexity index is 1580. The predicted molar refractivity (Wildman–Crippen MR) is 155 cm³/mol. The Morgan fingerprint density at radius 2 is 1.93 bits per heavy atom. The van der Waals surface area contributed by atoms with E-state index >= 15 is 0 Å². The topological polar surface area (TPSA) is 150 Å². The number of pyridine rings is 1. The van der Waals surface area contributed by atoms with Crippen LogP contribution in [0.5, 0.6) is 5.75 Å². The quantitative estimate of drug-likeness (QED) is 0.355. The van der Waals surface area contributed by atoms with Crippen LogP contribution >= 0.6 is 0 Å². The summed E-state index contributed by atoms with van der Waals surface area (Å²) in [6.45, 7) is 8.13. The molecule has 0 bridgehead atoms. The SMILES string of the molecule is COc1cc(C(=O)Nc2ccccn2)ccc1-c1nn(C2CCCN(C(=O)OC(C)(C)C)[C@@H]2C)c2ncnc(N)c12. The number of benzene rings is 1. The summed E-state index contributed by atoms with van der Waals surface area (Å²) in [5.41, 5.74) is 7.85. The Morgan fingerprint density at radius 3 is 2.63 bits per heavy atom. The van der Waals surface area contributed by atoms with Crippen molar-refractivity contribution < 1.29 is 19.1 Å². The van der Waals surface area contributed by atoms with Gasteiger partial charge in [0.15, 0.2) is 5.65 Å². The van der Waals surface area contributed by atoms with Crippen LogP contribution in [0.4, 0.5) is 16.4 Å². The maximum Gasteiger partial charge on any atom is 0.410 e. The molecule has 0 spiro atoms. The van der Waals surface area contributed by atoms with Crippen LogP contribution in [0.1, 0.15) is 56.9 Å². The fraction of sp³-hybridized carbons (Fsp3) is 0.379. The summed E-state index contributed by atoms with van der Waals surface area (Å²) in [5.74, 6) is 0.811. The molecule has 2 atom stereocenters. The summed E-state index contributed by atoms with van der Waals surface area (Å²) in [7, 11) is 1.53. The molecule has 1 saturated heterocycles. The number of piperidine rings is 1. The fourth-order valence-electron chi connectivity index (χ4n) is 5.10. The van der Waals surface area contributed by atoms with Crippen LogP contribution in [0.2, 0.25) is 0 Å². The van der Waals surface area contributed by atoms with Gasteiger partial charge in [-0.25, -0.2) is 24.4 Å². The van der Waals surface area contributed by atoms with Crippen LogP contribution in [0, 0.1) is 0 Å². The molecule has 2 amide bonds. The minimum atomic E-state index is -0.603. The molecule has 12 heteroatoms. The van der Waals surface area contributed by atoms with Crippen molar-refractivity contribution in [1.29, 1.82) is 0 Å². The standard InChI is InChI=1S/C29H34N8O4/c1-17-20(9-8-14-36(17)28(39)41-29(2,3)4)37-26-23(25(30)32-16-33-26)24(35-37)19-12-11-18(15-21(19)40-5)27(38)34-22-10-6-7-13-31-22/h6-7,10-13,15-17,20H,8-9,14H2,1-5H3,(H2,30,32,33)(H,31,34,38)/t17-,20?/m1/s1. The Hall–Kier alpha value is -4.74. The Morgan fingerprint density at radius 1 is 1.12 bits per heavy atom.